The van der Waals surface area contributed by atoms with Crippen molar-refractivity contribution < 1.29 is 9.53 Å². The van der Waals surface area contributed by atoms with Crippen LogP contribution >= 0.6 is 0 Å². The molecule has 2 heteroatoms. The minimum atomic E-state index is -0.351. The fourth-order valence-corrected chi connectivity index (χ4v) is 2.27. The van der Waals surface area contributed by atoms with Crippen LogP contribution in [0.25, 0.3) is 0 Å². The molecule has 1 aromatic rings. The molecule has 110 valence electrons. The molecular formula is C19H22O2. The van der Waals surface area contributed by atoms with Gasteiger partial charge in [0, 0.05) is 16.9 Å². The van der Waals surface area contributed by atoms with E-state index in [-0.39, 0.29) is 23.4 Å². The lowest BCUT2D eigenvalue weighted by Gasteiger charge is -2.28. The molecule has 0 N–H and O–H groups in total. The normalized spacial score (nSPS) is 18.2. The molecule has 0 saturated heterocycles. The maximum atomic E-state index is 11.9. The second-order valence-electron chi connectivity index (χ2n) is 6.13. The third-order valence-corrected chi connectivity index (χ3v) is 3.56. The Hall–Kier alpha value is -2.09. The smallest absolute Gasteiger partial charge is 0.333 e. The highest BCUT2D eigenvalue weighted by Gasteiger charge is 2.27. The molecule has 0 heterocycles. The van der Waals surface area contributed by atoms with Gasteiger partial charge < -0.3 is 4.74 Å². The highest BCUT2D eigenvalue weighted by atomic mass is 16.5. The molecule has 1 aliphatic rings. The topological polar surface area (TPSA) is 26.3 Å². The molecule has 2 nitrogen and oxygen atoms in total. The summed E-state index contributed by atoms with van der Waals surface area (Å²) < 4.78 is 5.66. The Bertz CT molecular complexity index is 563. The van der Waals surface area contributed by atoms with Gasteiger partial charge in [0.15, 0.2) is 0 Å². The molecule has 0 aromatic heterocycles. The van der Waals surface area contributed by atoms with Gasteiger partial charge in [-0.1, -0.05) is 75.1 Å². The van der Waals surface area contributed by atoms with Gasteiger partial charge in [0.25, 0.3) is 0 Å². The van der Waals surface area contributed by atoms with Gasteiger partial charge in [-0.15, -0.1) is 0 Å². The summed E-state index contributed by atoms with van der Waals surface area (Å²) in [6.07, 6.45) is 8.22. The van der Waals surface area contributed by atoms with Crippen LogP contribution in [-0.2, 0) is 9.53 Å². The lowest BCUT2D eigenvalue weighted by molar-refractivity contribution is -0.145. The quantitative estimate of drug-likeness (QED) is 0.458. The van der Waals surface area contributed by atoms with Gasteiger partial charge in [0.05, 0.1) is 0 Å². The van der Waals surface area contributed by atoms with Crippen LogP contribution in [0, 0.1) is 11.3 Å². The molecule has 0 fully saturated rings. The Morgan fingerprint density at radius 3 is 2.29 bits per heavy atom. The van der Waals surface area contributed by atoms with Gasteiger partial charge in [0.1, 0.15) is 6.10 Å². The third-order valence-electron chi connectivity index (χ3n) is 3.56. The highest BCUT2D eigenvalue weighted by molar-refractivity contribution is 5.87. The summed E-state index contributed by atoms with van der Waals surface area (Å²) in [5.41, 5.74) is 1.46. The van der Waals surface area contributed by atoms with Crippen LogP contribution in [0.4, 0.5) is 0 Å². The Morgan fingerprint density at radius 1 is 1.19 bits per heavy atom. The molecule has 0 spiro atoms. The summed E-state index contributed by atoms with van der Waals surface area (Å²) >= 11 is 0. The van der Waals surface area contributed by atoms with Crippen molar-refractivity contribution in [3.05, 3.63) is 72.4 Å². The Kier molecular flexibility index (Phi) is 4.46. The standard InChI is InChI=1S/C19H22O2/c1-14(2)18(20)21-17(15-8-6-5-7-9-15)16-10-12-19(3,4)13-11-16/h5-13,16-17H,1H2,2-4H3. The summed E-state index contributed by atoms with van der Waals surface area (Å²) in [6, 6.07) is 9.83. The van der Waals surface area contributed by atoms with Crippen molar-refractivity contribution in [2.24, 2.45) is 11.3 Å². The lowest BCUT2D eigenvalue weighted by Crippen LogP contribution is -2.20. The maximum Gasteiger partial charge on any atom is 0.333 e. The first kappa shape index (κ1) is 15.3. The number of carbonyl (C=O) groups is 1. The van der Waals surface area contributed by atoms with Crippen molar-refractivity contribution in [1.29, 1.82) is 0 Å². The molecule has 1 atom stereocenters. The predicted octanol–water partition coefficient (Wildman–Crippen LogP) is 4.62. The van der Waals surface area contributed by atoms with Crippen molar-refractivity contribution in [3.8, 4) is 0 Å². The number of allylic oxidation sites excluding steroid dienone is 2. The number of hydrogen-bond acceptors (Lipinski definition) is 2. The van der Waals surface area contributed by atoms with Crippen LogP contribution < -0.4 is 0 Å². The van der Waals surface area contributed by atoms with E-state index in [0.717, 1.165) is 5.56 Å². The molecule has 0 radical (unpaired) electrons. The molecule has 0 saturated carbocycles. The molecule has 21 heavy (non-hydrogen) atoms. The number of esters is 1. The highest BCUT2D eigenvalue weighted by Crippen LogP contribution is 2.35. The van der Waals surface area contributed by atoms with Crippen molar-refractivity contribution in [1.82, 2.24) is 0 Å². The van der Waals surface area contributed by atoms with Crippen LogP contribution in [0.2, 0.25) is 0 Å². The van der Waals surface area contributed by atoms with Crippen molar-refractivity contribution in [2.75, 3.05) is 0 Å². The summed E-state index contributed by atoms with van der Waals surface area (Å²) in [4.78, 5) is 11.9. The second kappa shape index (κ2) is 6.13. The Labute approximate surface area is 126 Å². The van der Waals surface area contributed by atoms with Gasteiger partial charge in [-0.3, -0.25) is 0 Å². The minimum Gasteiger partial charge on any atom is -0.453 e. The van der Waals surface area contributed by atoms with Crippen molar-refractivity contribution >= 4 is 5.97 Å². The fraction of sp³-hybridized carbons (Fsp3) is 0.316. The van der Waals surface area contributed by atoms with Crippen LogP contribution in [0.3, 0.4) is 0 Å². The van der Waals surface area contributed by atoms with Gasteiger partial charge in [-0.05, 0) is 12.5 Å². The average Bonchev–Trinajstić information content (AvgIpc) is 2.46. The summed E-state index contributed by atoms with van der Waals surface area (Å²) in [7, 11) is 0. The summed E-state index contributed by atoms with van der Waals surface area (Å²) in [5.74, 6) is -0.306. The fourth-order valence-electron chi connectivity index (χ4n) is 2.27. The lowest BCUT2D eigenvalue weighted by atomic mass is 9.82. The molecule has 2 rings (SSSR count). The van der Waals surface area contributed by atoms with E-state index in [1.807, 2.05) is 30.3 Å². The molecule has 0 bridgehead atoms. The second-order valence-corrected chi connectivity index (χ2v) is 6.13. The molecule has 1 unspecified atom stereocenters. The zero-order valence-electron chi connectivity index (χ0n) is 12.9. The van der Waals surface area contributed by atoms with E-state index < -0.39 is 0 Å². The summed E-state index contributed by atoms with van der Waals surface area (Å²) in [5, 5.41) is 0. The first-order chi connectivity index (χ1) is 9.89. The SMILES string of the molecule is C=C(C)C(=O)OC(c1ccccc1)C1C=CC(C)(C)C=C1. The average molecular weight is 282 g/mol. The van der Waals surface area contributed by atoms with E-state index in [4.69, 9.17) is 4.74 Å². The largest absolute Gasteiger partial charge is 0.453 e. The van der Waals surface area contributed by atoms with Gasteiger partial charge in [-0.25, -0.2) is 4.79 Å². The number of hydrogen-bond donors (Lipinski definition) is 0. The third kappa shape index (κ3) is 3.94. The molecule has 1 aromatic carbocycles. The Morgan fingerprint density at radius 2 is 1.76 bits per heavy atom. The van der Waals surface area contributed by atoms with Crippen molar-refractivity contribution in [3.63, 3.8) is 0 Å². The predicted molar refractivity (Wildman–Crippen MR) is 85.6 cm³/mol. The number of rotatable bonds is 4. The molecule has 0 aliphatic heterocycles. The van der Waals surface area contributed by atoms with E-state index >= 15 is 0 Å². The first-order valence-electron chi connectivity index (χ1n) is 7.19. The van der Waals surface area contributed by atoms with E-state index in [2.05, 4.69) is 44.7 Å². The maximum absolute atomic E-state index is 11.9. The molecule has 1 aliphatic carbocycles. The van der Waals surface area contributed by atoms with Gasteiger partial charge in [-0.2, -0.15) is 0 Å². The number of carbonyl (C=O) groups excluding carboxylic acids is 1. The van der Waals surface area contributed by atoms with Crippen LogP contribution in [0.1, 0.15) is 32.4 Å². The number of benzene rings is 1. The van der Waals surface area contributed by atoms with Crippen LogP contribution in [0.5, 0.6) is 0 Å². The molecule has 0 amide bonds. The molecular weight excluding hydrogens is 260 g/mol. The van der Waals surface area contributed by atoms with E-state index in [0.29, 0.717) is 5.57 Å². The number of ether oxygens (including phenoxy) is 1. The van der Waals surface area contributed by atoms with Crippen molar-refractivity contribution in [2.45, 2.75) is 26.9 Å². The minimum absolute atomic E-state index is 0.0451. The zero-order valence-corrected chi connectivity index (χ0v) is 12.9. The Balaban J connectivity index is 2.27. The summed E-state index contributed by atoms with van der Waals surface area (Å²) in [6.45, 7) is 9.62. The van der Waals surface area contributed by atoms with Gasteiger partial charge >= 0.3 is 5.97 Å². The van der Waals surface area contributed by atoms with E-state index in [1.54, 1.807) is 6.92 Å². The first-order valence-corrected chi connectivity index (χ1v) is 7.19. The zero-order chi connectivity index (χ0) is 15.5. The van der Waals surface area contributed by atoms with E-state index in [1.165, 1.54) is 0 Å². The van der Waals surface area contributed by atoms with Gasteiger partial charge in [0.2, 0.25) is 0 Å². The monoisotopic (exact) mass is 282 g/mol. The van der Waals surface area contributed by atoms with Crippen LogP contribution in [0.15, 0.2) is 66.8 Å². The van der Waals surface area contributed by atoms with Crippen LogP contribution in [-0.4, -0.2) is 5.97 Å². The van der Waals surface area contributed by atoms with E-state index in [9.17, 15) is 4.79 Å².